The summed E-state index contributed by atoms with van der Waals surface area (Å²) in [4.78, 5) is 35.7. The monoisotopic (exact) mass is 909 g/mol. The van der Waals surface area contributed by atoms with Crippen molar-refractivity contribution in [3.05, 3.63) is 85.1 Å². The van der Waals surface area contributed by atoms with Crippen molar-refractivity contribution in [1.82, 2.24) is 0 Å². The molecule has 0 radical (unpaired) electrons. The summed E-state index contributed by atoms with van der Waals surface area (Å²) in [5, 5.41) is 50.2. The molecule has 0 spiro atoms. The normalized spacial score (nSPS) is 22.5. The first-order valence-electron chi connectivity index (χ1n) is 23.4. The molecule has 0 aliphatic heterocycles. The van der Waals surface area contributed by atoms with Crippen LogP contribution in [0.4, 0.5) is 0 Å². The van der Waals surface area contributed by atoms with Crippen LogP contribution in [0.25, 0.3) is 0 Å². The Bertz CT molecular complexity index is 1420. The van der Waals surface area contributed by atoms with E-state index >= 15 is 0 Å². The predicted octanol–water partition coefficient (Wildman–Crippen LogP) is 9.28. The number of hydrogen-bond donors (Lipinski definition) is 6. The van der Waals surface area contributed by atoms with E-state index in [2.05, 4.69) is 86.8 Å². The van der Waals surface area contributed by atoms with Gasteiger partial charge < -0.3 is 39.9 Å². The lowest BCUT2D eigenvalue weighted by atomic mass is 9.85. The number of aliphatic hydroxyl groups is 5. The highest BCUT2D eigenvalue weighted by atomic mass is 31.2. The van der Waals surface area contributed by atoms with Crippen molar-refractivity contribution in [1.29, 1.82) is 0 Å². The van der Waals surface area contributed by atoms with Crippen LogP contribution in [0.15, 0.2) is 85.1 Å². The number of esters is 2. The highest BCUT2D eigenvalue weighted by Gasteiger charge is 2.51. The van der Waals surface area contributed by atoms with Crippen molar-refractivity contribution in [2.75, 3.05) is 13.2 Å². The fourth-order valence-corrected chi connectivity index (χ4v) is 7.44. The summed E-state index contributed by atoms with van der Waals surface area (Å²) in [5.74, 6) is -1.18. The van der Waals surface area contributed by atoms with Crippen LogP contribution in [0.3, 0.4) is 0 Å². The molecular formula is C49H81O13P. The Kier molecular flexibility index (Phi) is 35.3. The van der Waals surface area contributed by atoms with E-state index in [1.807, 2.05) is 12.2 Å². The van der Waals surface area contributed by atoms with Crippen molar-refractivity contribution in [3.8, 4) is 0 Å². The fraction of sp³-hybridized carbons (Fsp3) is 0.673. The molecule has 6 unspecified atom stereocenters. The number of phosphoric acid groups is 1. The number of unbranched alkanes of at least 4 members (excludes halogenated alkanes) is 11. The Hall–Kier alpha value is -2.97. The second-order valence-corrected chi connectivity index (χ2v) is 17.3. The zero-order valence-electron chi connectivity index (χ0n) is 38.1. The molecular weight excluding hydrogens is 828 g/mol. The SMILES string of the molecule is CC/C=C\C/C=C\C/C=C\C/C=C\C/C=C\CCCC(=O)OC(COC(=O)CCCCCCCCC/C=C\C/C=C\CCCCC)COP(=O)(O)OC1C(O)C(O)C(O)C(O)C1O. The van der Waals surface area contributed by atoms with Gasteiger partial charge in [0.15, 0.2) is 6.10 Å². The van der Waals surface area contributed by atoms with Gasteiger partial charge in [-0.2, -0.15) is 0 Å². The maximum absolute atomic E-state index is 12.8. The molecule has 14 heteroatoms. The number of phosphoric ester groups is 1. The van der Waals surface area contributed by atoms with Gasteiger partial charge in [0.2, 0.25) is 0 Å². The van der Waals surface area contributed by atoms with Crippen LogP contribution in [0.1, 0.15) is 155 Å². The van der Waals surface area contributed by atoms with Gasteiger partial charge in [0.1, 0.15) is 43.2 Å². The zero-order valence-corrected chi connectivity index (χ0v) is 39.0. The summed E-state index contributed by atoms with van der Waals surface area (Å²) in [6.07, 6.45) is 36.4. The average Bonchev–Trinajstić information content (AvgIpc) is 3.26. The van der Waals surface area contributed by atoms with Gasteiger partial charge in [-0.15, -0.1) is 0 Å². The summed E-state index contributed by atoms with van der Waals surface area (Å²) in [7, 11) is -5.14. The van der Waals surface area contributed by atoms with E-state index in [0.29, 0.717) is 19.3 Å². The first kappa shape index (κ1) is 58.0. The predicted molar refractivity (Wildman–Crippen MR) is 248 cm³/mol. The van der Waals surface area contributed by atoms with E-state index in [-0.39, 0.29) is 12.8 Å². The van der Waals surface area contributed by atoms with E-state index in [1.54, 1.807) is 0 Å². The van der Waals surface area contributed by atoms with Gasteiger partial charge in [-0.25, -0.2) is 4.57 Å². The Morgan fingerprint density at radius 3 is 1.43 bits per heavy atom. The van der Waals surface area contributed by atoms with Gasteiger partial charge >= 0.3 is 19.8 Å². The maximum Gasteiger partial charge on any atom is 0.472 e. The molecule has 6 N–H and O–H groups in total. The average molecular weight is 909 g/mol. The Morgan fingerprint density at radius 1 is 0.508 bits per heavy atom. The van der Waals surface area contributed by atoms with Gasteiger partial charge in [0.25, 0.3) is 0 Å². The molecule has 0 bridgehead atoms. The molecule has 1 saturated carbocycles. The van der Waals surface area contributed by atoms with Crippen LogP contribution >= 0.6 is 7.82 Å². The topological polar surface area (TPSA) is 210 Å². The van der Waals surface area contributed by atoms with Gasteiger partial charge in [0.05, 0.1) is 6.61 Å². The first-order chi connectivity index (χ1) is 30.4. The van der Waals surface area contributed by atoms with Gasteiger partial charge in [-0.3, -0.25) is 18.6 Å². The third kappa shape index (κ3) is 30.7. The molecule has 0 aromatic heterocycles. The molecule has 1 rings (SSSR count). The largest absolute Gasteiger partial charge is 0.472 e. The number of ether oxygens (including phenoxy) is 2. The number of hydrogen-bond acceptors (Lipinski definition) is 12. The first-order valence-corrected chi connectivity index (χ1v) is 24.9. The van der Waals surface area contributed by atoms with Gasteiger partial charge in [-0.05, 0) is 83.5 Å². The molecule has 0 aromatic rings. The Morgan fingerprint density at radius 2 is 0.921 bits per heavy atom. The van der Waals surface area contributed by atoms with Crippen LogP contribution in [0.2, 0.25) is 0 Å². The van der Waals surface area contributed by atoms with E-state index in [1.165, 1.54) is 19.3 Å². The summed E-state index contributed by atoms with van der Waals surface area (Å²) in [6, 6.07) is 0. The third-order valence-electron chi connectivity index (χ3n) is 10.2. The zero-order chi connectivity index (χ0) is 46.4. The van der Waals surface area contributed by atoms with Gasteiger partial charge in [-0.1, -0.05) is 144 Å². The minimum Gasteiger partial charge on any atom is -0.462 e. The highest BCUT2D eigenvalue weighted by Crippen LogP contribution is 2.47. The number of carbonyl (C=O) groups is 2. The summed E-state index contributed by atoms with van der Waals surface area (Å²) in [5.41, 5.74) is 0. The van der Waals surface area contributed by atoms with Crippen molar-refractivity contribution in [2.45, 2.75) is 198 Å². The number of carbonyl (C=O) groups excluding carboxylic acids is 2. The Labute approximate surface area is 378 Å². The molecule has 1 aliphatic rings. The van der Waals surface area contributed by atoms with Crippen molar-refractivity contribution in [2.24, 2.45) is 0 Å². The fourth-order valence-electron chi connectivity index (χ4n) is 6.47. The molecule has 0 amide bonds. The van der Waals surface area contributed by atoms with E-state index in [9.17, 15) is 44.6 Å². The molecule has 63 heavy (non-hydrogen) atoms. The lowest BCUT2D eigenvalue weighted by Gasteiger charge is -2.41. The second-order valence-electron chi connectivity index (χ2n) is 15.9. The van der Waals surface area contributed by atoms with Crippen LogP contribution in [0.5, 0.6) is 0 Å². The van der Waals surface area contributed by atoms with Gasteiger partial charge in [0, 0.05) is 12.8 Å². The molecule has 6 atom stereocenters. The number of rotatable bonds is 37. The number of allylic oxidation sites excluding steroid dienone is 14. The highest BCUT2D eigenvalue weighted by molar-refractivity contribution is 7.47. The van der Waals surface area contributed by atoms with Crippen molar-refractivity contribution < 1.29 is 63.1 Å². The second kappa shape index (κ2) is 38.3. The summed E-state index contributed by atoms with van der Waals surface area (Å²) >= 11 is 0. The molecule has 360 valence electrons. The summed E-state index contributed by atoms with van der Waals surface area (Å²) in [6.45, 7) is 3.10. The maximum atomic E-state index is 12.8. The van der Waals surface area contributed by atoms with E-state index in [4.69, 9.17) is 18.5 Å². The van der Waals surface area contributed by atoms with Crippen molar-refractivity contribution in [3.63, 3.8) is 0 Å². The molecule has 0 heterocycles. The summed E-state index contributed by atoms with van der Waals surface area (Å²) < 4.78 is 33.5. The molecule has 1 aliphatic carbocycles. The van der Waals surface area contributed by atoms with E-state index in [0.717, 1.165) is 89.9 Å². The van der Waals surface area contributed by atoms with Crippen LogP contribution in [-0.4, -0.2) is 98.3 Å². The van der Waals surface area contributed by atoms with E-state index < -0.39 is 75.7 Å². The lowest BCUT2D eigenvalue weighted by Crippen LogP contribution is -2.64. The smallest absolute Gasteiger partial charge is 0.462 e. The standard InChI is InChI=1S/C49H81O13P/c1-3-5-7-9-11-13-15-17-19-21-23-25-27-29-31-33-35-37-42(50)59-39-41(40-60-63(57,58)62-49-47(55)45(53)44(52)46(54)48(49)56)61-43(51)38-36-34-32-30-28-26-24-22-20-18-16-14-12-10-8-6-4-2/h6,8,11-14,17-20,24,26,30,32,41,44-49,52-56H,3-5,7,9-10,15-16,21-23,25,27-29,31,33-40H2,1-2H3,(H,57,58)/b8-6-,13-11-,14-12-,19-17-,20-18-,26-24-,32-30-. The quantitative estimate of drug-likeness (QED) is 0.0149. The Balaban J connectivity index is 2.51. The molecule has 1 fully saturated rings. The van der Waals surface area contributed by atoms with Crippen molar-refractivity contribution >= 4 is 19.8 Å². The molecule has 0 saturated heterocycles. The molecule has 13 nitrogen and oxygen atoms in total. The van der Waals surface area contributed by atoms with Crippen LogP contribution < -0.4 is 0 Å². The minimum atomic E-state index is -5.14. The third-order valence-corrected chi connectivity index (χ3v) is 11.2. The lowest BCUT2D eigenvalue weighted by molar-refractivity contribution is -0.220. The number of aliphatic hydroxyl groups excluding tert-OH is 5. The van der Waals surface area contributed by atoms with Crippen LogP contribution in [0, 0.1) is 0 Å². The van der Waals surface area contributed by atoms with Crippen LogP contribution in [-0.2, 0) is 32.7 Å². The minimum absolute atomic E-state index is 0.0121. The molecule has 0 aromatic carbocycles.